The minimum Gasteiger partial charge on any atom is -0.335 e. The van der Waals surface area contributed by atoms with Crippen LogP contribution in [0, 0.1) is 17.0 Å². The molecule has 1 aromatic carbocycles. The summed E-state index contributed by atoms with van der Waals surface area (Å²) < 4.78 is 26.2. The summed E-state index contributed by atoms with van der Waals surface area (Å²) in [6, 6.07) is 3.40. The molecule has 0 fully saturated rings. The Morgan fingerprint density at radius 1 is 1.21 bits per heavy atom. The second kappa shape index (κ2) is 5.90. The van der Waals surface area contributed by atoms with E-state index in [-0.39, 0.29) is 5.41 Å². The lowest BCUT2D eigenvalue weighted by Gasteiger charge is -2.33. The first kappa shape index (κ1) is 14.3. The lowest BCUT2D eigenvalue weighted by atomic mass is 9.84. The number of aliphatic imine (C=N–C) groups is 1. The Morgan fingerprint density at radius 2 is 1.84 bits per heavy atom. The minimum atomic E-state index is -0.583. The summed E-state index contributed by atoms with van der Waals surface area (Å²) in [5.41, 5.74) is 0.674. The van der Waals surface area contributed by atoms with Crippen molar-refractivity contribution in [1.29, 1.82) is 0 Å². The van der Waals surface area contributed by atoms with E-state index in [4.69, 9.17) is 0 Å². The Morgan fingerprint density at radius 3 is 2.32 bits per heavy atom. The van der Waals surface area contributed by atoms with Gasteiger partial charge in [0.25, 0.3) is 0 Å². The largest absolute Gasteiger partial charge is 0.335 e. The average Bonchev–Trinajstić information content (AvgIpc) is 2.39. The molecule has 0 radical (unpaired) electrons. The van der Waals surface area contributed by atoms with Gasteiger partial charge in [0.2, 0.25) is 0 Å². The normalized spacial score (nSPS) is 18.0. The van der Waals surface area contributed by atoms with Gasteiger partial charge in [-0.2, -0.15) is 0 Å². The van der Waals surface area contributed by atoms with E-state index in [9.17, 15) is 8.78 Å². The zero-order valence-electron chi connectivity index (χ0n) is 11.2. The number of benzene rings is 1. The van der Waals surface area contributed by atoms with Gasteiger partial charge in [-0.1, -0.05) is 25.6 Å². The van der Waals surface area contributed by atoms with Crippen molar-refractivity contribution in [3.63, 3.8) is 0 Å². The van der Waals surface area contributed by atoms with Crippen molar-refractivity contribution >= 4 is 22.6 Å². The number of amidine groups is 1. The molecule has 0 aliphatic carbocycles. The summed E-state index contributed by atoms with van der Waals surface area (Å²) in [5.74, 6) is -0.176. The molecule has 1 aliphatic rings. The lowest BCUT2D eigenvalue weighted by molar-refractivity contribution is 0.318. The molecule has 0 amide bonds. The van der Waals surface area contributed by atoms with E-state index in [1.165, 1.54) is 12.1 Å². The van der Waals surface area contributed by atoms with Crippen LogP contribution in [0.15, 0.2) is 23.2 Å². The summed E-state index contributed by atoms with van der Waals surface area (Å²) in [6.45, 7) is 5.13. The second-order valence-electron chi connectivity index (χ2n) is 4.90. The molecule has 0 unspecified atom stereocenters. The van der Waals surface area contributed by atoms with Crippen molar-refractivity contribution < 1.29 is 8.78 Å². The topological polar surface area (TPSA) is 24.4 Å². The van der Waals surface area contributed by atoms with Gasteiger partial charge in [0.05, 0.1) is 0 Å². The number of halogens is 2. The third-order valence-electron chi connectivity index (χ3n) is 3.69. The van der Waals surface area contributed by atoms with Gasteiger partial charge in [-0.3, -0.25) is 4.99 Å². The number of anilines is 1. The van der Waals surface area contributed by atoms with Crippen LogP contribution in [0.25, 0.3) is 0 Å². The summed E-state index contributed by atoms with van der Waals surface area (Å²) in [5, 5.41) is 3.72. The SMILES string of the molecule is CCC1(CC)CN=C(Nc2cc(F)cc(F)c2)SC1. The highest BCUT2D eigenvalue weighted by Gasteiger charge is 2.30. The molecule has 0 spiro atoms. The monoisotopic (exact) mass is 284 g/mol. The summed E-state index contributed by atoms with van der Waals surface area (Å²) in [4.78, 5) is 4.50. The van der Waals surface area contributed by atoms with E-state index < -0.39 is 11.6 Å². The van der Waals surface area contributed by atoms with Crippen LogP contribution in [-0.2, 0) is 0 Å². The fourth-order valence-electron chi connectivity index (χ4n) is 2.06. The number of nitrogens with one attached hydrogen (secondary N) is 1. The third-order valence-corrected chi connectivity index (χ3v) is 4.95. The van der Waals surface area contributed by atoms with Crippen molar-refractivity contribution in [1.82, 2.24) is 0 Å². The molecule has 0 aromatic heterocycles. The summed E-state index contributed by atoms with van der Waals surface area (Å²) in [7, 11) is 0. The standard InChI is InChI=1S/C14H18F2N2S/c1-3-14(4-2)8-17-13(19-9-14)18-12-6-10(15)5-11(16)7-12/h5-7H,3-4,8-9H2,1-2H3,(H,17,18). The van der Waals surface area contributed by atoms with Gasteiger partial charge in [-0.25, -0.2) is 8.78 Å². The van der Waals surface area contributed by atoms with Crippen molar-refractivity contribution in [3.05, 3.63) is 29.8 Å². The van der Waals surface area contributed by atoms with Crippen LogP contribution < -0.4 is 5.32 Å². The van der Waals surface area contributed by atoms with Gasteiger partial charge >= 0.3 is 0 Å². The molecule has 1 heterocycles. The molecular weight excluding hydrogens is 266 g/mol. The van der Waals surface area contributed by atoms with Gasteiger partial charge in [-0.15, -0.1) is 0 Å². The number of rotatable bonds is 3. The fourth-order valence-corrected chi connectivity index (χ4v) is 3.34. The van der Waals surface area contributed by atoms with Crippen LogP contribution in [0.5, 0.6) is 0 Å². The molecule has 2 rings (SSSR count). The van der Waals surface area contributed by atoms with Gasteiger partial charge in [-0.05, 0) is 30.4 Å². The zero-order chi connectivity index (χ0) is 13.9. The molecule has 1 aliphatic heterocycles. The van der Waals surface area contributed by atoms with E-state index in [1.807, 2.05) is 0 Å². The van der Waals surface area contributed by atoms with Crippen LogP contribution in [0.4, 0.5) is 14.5 Å². The molecular formula is C14H18F2N2S. The second-order valence-corrected chi connectivity index (χ2v) is 5.86. The van der Waals surface area contributed by atoms with Crippen LogP contribution in [0.1, 0.15) is 26.7 Å². The molecule has 2 nitrogen and oxygen atoms in total. The summed E-state index contributed by atoms with van der Waals surface area (Å²) >= 11 is 1.62. The van der Waals surface area contributed by atoms with E-state index in [1.54, 1.807) is 11.8 Å². The Bertz CT molecular complexity index is 464. The number of hydrogen-bond donors (Lipinski definition) is 1. The van der Waals surface area contributed by atoms with E-state index in [2.05, 4.69) is 24.2 Å². The van der Waals surface area contributed by atoms with E-state index in [0.29, 0.717) is 5.69 Å². The van der Waals surface area contributed by atoms with Crippen molar-refractivity contribution in [3.8, 4) is 0 Å². The first-order valence-corrected chi connectivity index (χ1v) is 7.46. The molecule has 0 saturated heterocycles. The van der Waals surface area contributed by atoms with Gasteiger partial charge in [0, 0.05) is 24.1 Å². The highest BCUT2D eigenvalue weighted by atomic mass is 32.2. The molecule has 0 saturated carbocycles. The minimum absolute atomic E-state index is 0.267. The molecule has 1 N–H and O–H groups in total. The Kier molecular flexibility index (Phi) is 4.45. The quantitative estimate of drug-likeness (QED) is 0.895. The Balaban J connectivity index is 2.07. The van der Waals surface area contributed by atoms with Crippen molar-refractivity contribution in [2.24, 2.45) is 10.4 Å². The third kappa shape index (κ3) is 3.47. The smallest absolute Gasteiger partial charge is 0.161 e. The van der Waals surface area contributed by atoms with Crippen molar-refractivity contribution in [2.75, 3.05) is 17.6 Å². The van der Waals surface area contributed by atoms with Gasteiger partial charge in [0.15, 0.2) is 5.17 Å². The highest BCUT2D eigenvalue weighted by Crippen LogP contribution is 2.35. The Hall–Kier alpha value is -1.10. The maximum atomic E-state index is 13.1. The molecule has 0 atom stereocenters. The number of hydrogen-bond acceptors (Lipinski definition) is 3. The van der Waals surface area contributed by atoms with Crippen LogP contribution in [0.2, 0.25) is 0 Å². The van der Waals surface area contributed by atoms with Crippen LogP contribution in [-0.4, -0.2) is 17.5 Å². The van der Waals surface area contributed by atoms with Crippen LogP contribution >= 0.6 is 11.8 Å². The average molecular weight is 284 g/mol. The van der Waals surface area contributed by atoms with E-state index >= 15 is 0 Å². The van der Waals surface area contributed by atoms with Gasteiger partial charge < -0.3 is 5.32 Å². The van der Waals surface area contributed by atoms with Crippen LogP contribution in [0.3, 0.4) is 0 Å². The molecule has 0 bridgehead atoms. The molecule has 1 aromatic rings. The maximum absolute atomic E-state index is 13.1. The molecule has 5 heteroatoms. The molecule has 104 valence electrons. The Labute approximate surface area is 116 Å². The molecule has 19 heavy (non-hydrogen) atoms. The predicted octanol–water partition coefficient (Wildman–Crippen LogP) is 4.29. The van der Waals surface area contributed by atoms with E-state index in [0.717, 1.165) is 36.4 Å². The lowest BCUT2D eigenvalue weighted by Crippen LogP contribution is -2.32. The first-order chi connectivity index (χ1) is 9.07. The predicted molar refractivity (Wildman–Crippen MR) is 77.8 cm³/mol. The maximum Gasteiger partial charge on any atom is 0.161 e. The zero-order valence-corrected chi connectivity index (χ0v) is 12.0. The summed E-state index contributed by atoms with van der Waals surface area (Å²) in [6.07, 6.45) is 2.20. The fraction of sp³-hybridized carbons (Fsp3) is 0.500. The number of nitrogens with zero attached hydrogens (tertiary/aromatic N) is 1. The number of thioether (sulfide) groups is 1. The first-order valence-electron chi connectivity index (χ1n) is 6.47. The highest BCUT2D eigenvalue weighted by molar-refractivity contribution is 8.14. The van der Waals surface area contributed by atoms with Crippen molar-refractivity contribution in [2.45, 2.75) is 26.7 Å². The van der Waals surface area contributed by atoms with Gasteiger partial charge in [0.1, 0.15) is 11.6 Å².